The molecule has 2 aromatic rings. The summed E-state index contributed by atoms with van der Waals surface area (Å²) in [5, 5.41) is 6.34. The van der Waals surface area contributed by atoms with Crippen LogP contribution in [0.2, 0.25) is 0 Å². The van der Waals surface area contributed by atoms with Crippen LogP contribution in [0.3, 0.4) is 0 Å². The van der Waals surface area contributed by atoms with Crippen LogP contribution in [0.5, 0.6) is 0 Å². The molecule has 0 radical (unpaired) electrons. The van der Waals surface area contributed by atoms with Crippen LogP contribution in [0.4, 0.5) is 10.1 Å². The Morgan fingerprint density at radius 3 is 2.28 bits per heavy atom. The highest BCUT2D eigenvalue weighted by atomic mass is 19.1. The van der Waals surface area contributed by atoms with Gasteiger partial charge in [0, 0.05) is 5.69 Å². The topological polar surface area (TPSA) is 70.6 Å². The first-order chi connectivity index (χ1) is 11.9. The molecule has 0 saturated heterocycles. The molecule has 0 unspecified atom stereocenters. The number of hydrazone groups is 1. The Kier molecular flexibility index (Phi) is 6.39. The molecule has 0 aliphatic heterocycles. The first kappa shape index (κ1) is 18.3. The van der Waals surface area contributed by atoms with Gasteiger partial charge in [0.15, 0.2) is 0 Å². The summed E-state index contributed by atoms with van der Waals surface area (Å²) in [5.74, 6) is -0.980. The number of hydrogen-bond acceptors (Lipinski definition) is 3. The third-order valence-electron chi connectivity index (χ3n) is 3.46. The largest absolute Gasteiger partial charge is 0.326 e. The van der Waals surface area contributed by atoms with Crippen molar-refractivity contribution in [1.82, 2.24) is 5.43 Å². The van der Waals surface area contributed by atoms with E-state index in [9.17, 15) is 14.0 Å². The molecule has 0 bridgehead atoms. The van der Waals surface area contributed by atoms with Crippen LogP contribution in [0.25, 0.3) is 0 Å². The van der Waals surface area contributed by atoms with Crippen molar-refractivity contribution in [3.63, 3.8) is 0 Å². The predicted molar refractivity (Wildman–Crippen MR) is 95.9 cm³/mol. The fraction of sp³-hybridized carbons (Fsp3) is 0.211. The van der Waals surface area contributed by atoms with Gasteiger partial charge < -0.3 is 5.32 Å². The highest BCUT2D eigenvalue weighted by molar-refractivity contribution is 6.03. The maximum Gasteiger partial charge on any atom is 0.249 e. The lowest BCUT2D eigenvalue weighted by Gasteiger charge is -2.05. The van der Waals surface area contributed by atoms with Crippen molar-refractivity contribution in [2.75, 3.05) is 5.32 Å². The molecule has 2 aromatic carbocycles. The average molecular weight is 341 g/mol. The molecule has 0 saturated carbocycles. The van der Waals surface area contributed by atoms with Crippen molar-refractivity contribution >= 4 is 23.7 Å². The highest BCUT2D eigenvalue weighted by Gasteiger charge is 2.09. The summed E-state index contributed by atoms with van der Waals surface area (Å²) in [4.78, 5) is 23.4. The fourth-order valence-electron chi connectivity index (χ4n) is 2.07. The molecule has 0 aromatic heterocycles. The van der Waals surface area contributed by atoms with Gasteiger partial charge in [-0.05, 0) is 41.3 Å². The zero-order valence-electron chi connectivity index (χ0n) is 14.1. The van der Waals surface area contributed by atoms with Crippen molar-refractivity contribution in [1.29, 1.82) is 0 Å². The molecule has 0 heterocycles. The SMILES string of the molecule is CC(C)c1ccc(C=NNC(=O)CC(=O)Nc2ccc(F)cc2)cc1. The zero-order valence-corrected chi connectivity index (χ0v) is 14.1. The van der Waals surface area contributed by atoms with Crippen LogP contribution in [-0.2, 0) is 9.59 Å². The molecule has 6 heteroatoms. The van der Waals surface area contributed by atoms with E-state index in [4.69, 9.17) is 0 Å². The van der Waals surface area contributed by atoms with E-state index in [0.717, 1.165) is 5.56 Å². The summed E-state index contributed by atoms with van der Waals surface area (Å²) in [5.41, 5.74) is 4.80. The van der Waals surface area contributed by atoms with Gasteiger partial charge in [0.05, 0.1) is 6.21 Å². The van der Waals surface area contributed by atoms with E-state index in [1.165, 1.54) is 36.0 Å². The number of hydrogen-bond donors (Lipinski definition) is 2. The molecule has 2 N–H and O–H groups in total. The molecule has 0 fully saturated rings. The van der Waals surface area contributed by atoms with Gasteiger partial charge in [-0.2, -0.15) is 5.10 Å². The molecular weight excluding hydrogens is 321 g/mol. The molecule has 2 rings (SSSR count). The third kappa shape index (κ3) is 6.18. The Labute approximate surface area is 145 Å². The number of carbonyl (C=O) groups excluding carboxylic acids is 2. The summed E-state index contributed by atoms with van der Waals surface area (Å²) < 4.78 is 12.8. The second kappa shape index (κ2) is 8.73. The maximum absolute atomic E-state index is 12.8. The Bertz CT molecular complexity index is 753. The van der Waals surface area contributed by atoms with Gasteiger partial charge in [0.25, 0.3) is 0 Å². The van der Waals surface area contributed by atoms with Gasteiger partial charge in [-0.25, -0.2) is 9.82 Å². The Morgan fingerprint density at radius 2 is 1.68 bits per heavy atom. The van der Waals surface area contributed by atoms with Crippen molar-refractivity contribution in [2.45, 2.75) is 26.2 Å². The Morgan fingerprint density at radius 1 is 1.04 bits per heavy atom. The molecule has 0 aliphatic carbocycles. The third-order valence-corrected chi connectivity index (χ3v) is 3.46. The number of nitrogens with zero attached hydrogens (tertiary/aromatic N) is 1. The van der Waals surface area contributed by atoms with Gasteiger partial charge in [-0.3, -0.25) is 9.59 Å². The minimum Gasteiger partial charge on any atom is -0.326 e. The van der Waals surface area contributed by atoms with Gasteiger partial charge in [0.1, 0.15) is 12.2 Å². The lowest BCUT2D eigenvalue weighted by atomic mass is 10.0. The summed E-state index contributed by atoms with van der Waals surface area (Å²) in [7, 11) is 0. The zero-order chi connectivity index (χ0) is 18.2. The number of benzene rings is 2. The molecular formula is C19H20FN3O2. The second-order valence-electron chi connectivity index (χ2n) is 5.85. The van der Waals surface area contributed by atoms with Crippen LogP contribution in [0.1, 0.15) is 37.3 Å². The van der Waals surface area contributed by atoms with Gasteiger partial charge in [-0.15, -0.1) is 0 Å². The Balaban J connectivity index is 1.79. The van der Waals surface area contributed by atoms with Crippen molar-refractivity contribution in [2.24, 2.45) is 5.10 Å². The molecule has 130 valence electrons. The number of nitrogens with one attached hydrogen (secondary N) is 2. The van der Waals surface area contributed by atoms with Gasteiger partial charge in [0.2, 0.25) is 11.8 Å². The lowest BCUT2D eigenvalue weighted by molar-refractivity contribution is -0.126. The summed E-state index contributed by atoms with van der Waals surface area (Å²) in [6.07, 6.45) is 1.14. The first-order valence-corrected chi connectivity index (χ1v) is 7.91. The number of amides is 2. The molecule has 2 amide bonds. The minimum atomic E-state index is -0.533. The van der Waals surface area contributed by atoms with E-state index in [1.54, 1.807) is 0 Å². The first-order valence-electron chi connectivity index (χ1n) is 7.91. The monoisotopic (exact) mass is 341 g/mol. The maximum atomic E-state index is 12.8. The van der Waals surface area contributed by atoms with E-state index < -0.39 is 17.6 Å². The highest BCUT2D eigenvalue weighted by Crippen LogP contribution is 2.13. The fourth-order valence-corrected chi connectivity index (χ4v) is 2.07. The van der Waals surface area contributed by atoms with E-state index >= 15 is 0 Å². The summed E-state index contributed by atoms with van der Waals surface area (Å²) in [6, 6.07) is 13.1. The van der Waals surface area contributed by atoms with E-state index in [2.05, 4.69) is 29.7 Å². The number of carbonyl (C=O) groups is 2. The van der Waals surface area contributed by atoms with Crippen molar-refractivity contribution < 1.29 is 14.0 Å². The van der Waals surface area contributed by atoms with E-state index in [1.807, 2.05) is 24.3 Å². The molecule has 0 aliphatic rings. The van der Waals surface area contributed by atoms with E-state index in [-0.39, 0.29) is 6.42 Å². The van der Waals surface area contributed by atoms with Crippen LogP contribution >= 0.6 is 0 Å². The van der Waals surface area contributed by atoms with Gasteiger partial charge >= 0.3 is 0 Å². The van der Waals surface area contributed by atoms with Gasteiger partial charge in [-0.1, -0.05) is 38.1 Å². The smallest absolute Gasteiger partial charge is 0.249 e. The minimum absolute atomic E-state index is 0.374. The number of halogens is 1. The molecule has 0 spiro atoms. The average Bonchev–Trinajstić information content (AvgIpc) is 2.57. The van der Waals surface area contributed by atoms with E-state index in [0.29, 0.717) is 11.6 Å². The van der Waals surface area contributed by atoms with Crippen LogP contribution < -0.4 is 10.7 Å². The lowest BCUT2D eigenvalue weighted by Crippen LogP contribution is -2.24. The quantitative estimate of drug-likeness (QED) is 0.480. The predicted octanol–water partition coefficient (Wildman–Crippen LogP) is 3.43. The molecule has 25 heavy (non-hydrogen) atoms. The molecule has 0 atom stereocenters. The van der Waals surface area contributed by atoms with Crippen LogP contribution in [-0.4, -0.2) is 18.0 Å². The standard InChI is InChI=1S/C19H20FN3O2/c1-13(2)15-5-3-14(4-6-15)12-21-23-19(25)11-18(24)22-17-9-7-16(20)8-10-17/h3-10,12-13H,11H2,1-2H3,(H,22,24)(H,23,25). The summed E-state index contributed by atoms with van der Waals surface area (Å²) >= 11 is 0. The normalized spacial score (nSPS) is 10.9. The van der Waals surface area contributed by atoms with Crippen molar-refractivity contribution in [3.05, 3.63) is 65.5 Å². The second-order valence-corrected chi connectivity index (χ2v) is 5.85. The number of anilines is 1. The summed E-state index contributed by atoms with van der Waals surface area (Å²) in [6.45, 7) is 4.22. The number of rotatable bonds is 6. The van der Waals surface area contributed by atoms with Crippen LogP contribution in [0, 0.1) is 5.82 Å². The van der Waals surface area contributed by atoms with Crippen LogP contribution in [0.15, 0.2) is 53.6 Å². The molecule has 5 nitrogen and oxygen atoms in total. The van der Waals surface area contributed by atoms with Crippen molar-refractivity contribution in [3.8, 4) is 0 Å². The Hall–Kier alpha value is -3.02.